The van der Waals surface area contributed by atoms with E-state index in [1.54, 1.807) is 6.07 Å². The van der Waals surface area contributed by atoms with E-state index in [4.69, 9.17) is 4.74 Å². The quantitative estimate of drug-likeness (QED) is 0.444. The van der Waals surface area contributed by atoms with Crippen molar-refractivity contribution in [3.05, 3.63) is 107 Å². The Morgan fingerprint density at radius 2 is 1.68 bits per heavy atom. The lowest BCUT2D eigenvalue weighted by molar-refractivity contribution is -0.123. The summed E-state index contributed by atoms with van der Waals surface area (Å²) >= 11 is 0. The van der Waals surface area contributed by atoms with E-state index in [2.05, 4.69) is 5.32 Å². The van der Waals surface area contributed by atoms with Crippen molar-refractivity contribution in [2.75, 3.05) is 6.61 Å². The Kier molecular flexibility index (Phi) is 5.89. The van der Waals surface area contributed by atoms with Crippen molar-refractivity contribution in [2.24, 2.45) is 0 Å². The predicted molar refractivity (Wildman–Crippen MR) is 123 cm³/mol. The highest BCUT2D eigenvalue weighted by Crippen LogP contribution is 2.35. The Hall–Kier alpha value is -3.79. The van der Waals surface area contributed by atoms with Crippen molar-refractivity contribution in [1.29, 1.82) is 0 Å². The van der Waals surface area contributed by atoms with Gasteiger partial charge in [-0.3, -0.25) is 4.79 Å². The Balaban J connectivity index is 1.64. The molecule has 1 amide bonds. The molecule has 2 N–H and O–H groups in total. The Bertz CT molecular complexity index is 1220. The molecule has 4 heteroatoms. The van der Waals surface area contributed by atoms with Crippen LogP contribution in [0.5, 0.6) is 11.5 Å². The van der Waals surface area contributed by atoms with Gasteiger partial charge in [-0.25, -0.2) is 0 Å². The second kappa shape index (κ2) is 8.92. The van der Waals surface area contributed by atoms with Gasteiger partial charge in [-0.2, -0.15) is 0 Å². The van der Waals surface area contributed by atoms with Crippen molar-refractivity contribution < 1.29 is 14.6 Å². The second-order valence-electron chi connectivity index (χ2n) is 7.69. The Morgan fingerprint density at radius 3 is 2.45 bits per heavy atom. The molecule has 0 spiro atoms. The van der Waals surface area contributed by atoms with Crippen LogP contribution in [-0.4, -0.2) is 17.6 Å². The fourth-order valence-corrected chi connectivity index (χ4v) is 3.86. The maximum atomic E-state index is 12.9. The van der Waals surface area contributed by atoms with E-state index >= 15 is 0 Å². The molecule has 0 saturated carbocycles. The van der Waals surface area contributed by atoms with Crippen LogP contribution in [0.25, 0.3) is 10.8 Å². The third kappa shape index (κ3) is 4.53. The highest BCUT2D eigenvalue weighted by Gasteiger charge is 2.22. The number of fused-ring (bicyclic) bond motifs is 1. The summed E-state index contributed by atoms with van der Waals surface area (Å²) in [4.78, 5) is 12.9. The summed E-state index contributed by atoms with van der Waals surface area (Å²) in [5.41, 5.74) is 3.68. The number of rotatable bonds is 6. The number of phenolic OH excluding ortho intramolecular Hbond substituents is 1. The lowest BCUT2D eigenvalue weighted by Gasteiger charge is -2.23. The van der Waals surface area contributed by atoms with Crippen molar-refractivity contribution in [3.8, 4) is 11.5 Å². The Morgan fingerprint density at radius 1 is 0.935 bits per heavy atom. The fourth-order valence-electron chi connectivity index (χ4n) is 3.86. The number of carbonyl (C=O) groups excluding carboxylic acids is 1. The average molecular weight is 412 g/mol. The number of carbonyl (C=O) groups is 1. The van der Waals surface area contributed by atoms with Gasteiger partial charge in [0.15, 0.2) is 6.61 Å². The monoisotopic (exact) mass is 411 g/mol. The van der Waals surface area contributed by atoms with Crippen LogP contribution in [0.4, 0.5) is 0 Å². The van der Waals surface area contributed by atoms with Crippen molar-refractivity contribution in [1.82, 2.24) is 5.32 Å². The maximum Gasteiger partial charge on any atom is 0.258 e. The summed E-state index contributed by atoms with van der Waals surface area (Å²) < 4.78 is 5.77. The molecular weight excluding hydrogens is 386 g/mol. The molecule has 0 aliphatic rings. The molecule has 0 aliphatic heterocycles. The van der Waals surface area contributed by atoms with Gasteiger partial charge in [0, 0.05) is 5.56 Å². The summed E-state index contributed by atoms with van der Waals surface area (Å²) in [6.45, 7) is 3.87. The van der Waals surface area contributed by atoms with Crippen LogP contribution in [0.1, 0.15) is 28.3 Å². The van der Waals surface area contributed by atoms with Gasteiger partial charge in [-0.1, -0.05) is 78.4 Å². The van der Waals surface area contributed by atoms with Crippen LogP contribution in [0.3, 0.4) is 0 Å². The number of hydrogen-bond acceptors (Lipinski definition) is 3. The molecule has 0 radical (unpaired) electrons. The highest BCUT2D eigenvalue weighted by atomic mass is 16.5. The SMILES string of the molecule is Cc1ccc(OCC(=O)NC(c2ccccc2)c2c(O)ccc3ccccc23)c(C)c1. The molecule has 1 unspecified atom stereocenters. The molecule has 4 aromatic rings. The minimum Gasteiger partial charge on any atom is -0.508 e. The average Bonchev–Trinajstić information content (AvgIpc) is 2.78. The van der Waals surface area contributed by atoms with Crippen LogP contribution in [-0.2, 0) is 4.79 Å². The lowest BCUT2D eigenvalue weighted by Crippen LogP contribution is -2.33. The summed E-state index contributed by atoms with van der Waals surface area (Å²) in [5.74, 6) is 0.564. The molecule has 156 valence electrons. The van der Waals surface area contributed by atoms with Crippen LogP contribution in [0, 0.1) is 13.8 Å². The minimum absolute atomic E-state index is 0.112. The molecule has 0 fully saturated rings. The van der Waals surface area contributed by atoms with Crippen LogP contribution in [0.2, 0.25) is 0 Å². The van der Waals surface area contributed by atoms with Gasteiger partial charge in [0.2, 0.25) is 0 Å². The number of amides is 1. The van der Waals surface area contributed by atoms with Gasteiger partial charge in [0.25, 0.3) is 5.91 Å². The first-order valence-electron chi connectivity index (χ1n) is 10.3. The molecule has 4 rings (SSSR count). The van der Waals surface area contributed by atoms with Crippen LogP contribution in [0.15, 0.2) is 84.9 Å². The molecular formula is C27H25NO3. The van der Waals surface area contributed by atoms with E-state index in [1.165, 1.54) is 0 Å². The van der Waals surface area contributed by atoms with E-state index in [0.717, 1.165) is 27.5 Å². The first-order valence-corrected chi connectivity index (χ1v) is 10.3. The molecule has 0 aromatic heterocycles. The third-order valence-corrected chi connectivity index (χ3v) is 5.36. The minimum atomic E-state index is -0.512. The van der Waals surface area contributed by atoms with Crippen LogP contribution < -0.4 is 10.1 Å². The Labute approximate surface area is 182 Å². The van der Waals surface area contributed by atoms with Gasteiger partial charge in [0.1, 0.15) is 11.5 Å². The van der Waals surface area contributed by atoms with Crippen molar-refractivity contribution in [3.63, 3.8) is 0 Å². The van der Waals surface area contributed by atoms with Gasteiger partial charge in [-0.15, -0.1) is 0 Å². The lowest BCUT2D eigenvalue weighted by atomic mass is 9.92. The predicted octanol–water partition coefficient (Wildman–Crippen LogP) is 5.45. The fraction of sp³-hybridized carbons (Fsp3) is 0.148. The van der Waals surface area contributed by atoms with Crippen molar-refractivity contribution >= 4 is 16.7 Å². The third-order valence-electron chi connectivity index (χ3n) is 5.36. The van der Waals surface area contributed by atoms with E-state index in [9.17, 15) is 9.90 Å². The number of phenols is 1. The number of aryl methyl sites for hydroxylation is 2. The van der Waals surface area contributed by atoms with Crippen LogP contribution >= 0.6 is 0 Å². The number of nitrogens with one attached hydrogen (secondary N) is 1. The number of aromatic hydroxyl groups is 1. The molecule has 0 saturated heterocycles. The van der Waals surface area contributed by atoms with E-state index in [-0.39, 0.29) is 18.3 Å². The zero-order chi connectivity index (χ0) is 21.8. The first kappa shape index (κ1) is 20.5. The molecule has 4 nitrogen and oxygen atoms in total. The van der Waals surface area contributed by atoms with E-state index in [1.807, 2.05) is 92.7 Å². The van der Waals surface area contributed by atoms with Gasteiger partial charge >= 0.3 is 0 Å². The van der Waals surface area contributed by atoms with Gasteiger partial charge < -0.3 is 15.2 Å². The maximum absolute atomic E-state index is 12.9. The topological polar surface area (TPSA) is 58.6 Å². The molecule has 0 aliphatic carbocycles. The van der Waals surface area contributed by atoms with E-state index < -0.39 is 6.04 Å². The standard InChI is InChI=1S/C27H25NO3/c1-18-12-15-24(19(2)16-18)31-17-25(30)28-27(21-9-4-3-5-10-21)26-22-11-7-6-8-20(22)13-14-23(26)29/h3-16,27,29H,17H2,1-2H3,(H,28,30). The van der Waals surface area contributed by atoms with E-state index in [0.29, 0.717) is 11.3 Å². The summed E-state index contributed by atoms with van der Waals surface area (Å²) in [6.07, 6.45) is 0. The van der Waals surface area contributed by atoms with Crippen molar-refractivity contribution in [2.45, 2.75) is 19.9 Å². The zero-order valence-corrected chi connectivity index (χ0v) is 17.6. The van der Waals surface area contributed by atoms with Gasteiger partial charge in [0.05, 0.1) is 6.04 Å². The number of ether oxygens (including phenoxy) is 1. The first-order chi connectivity index (χ1) is 15.0. The smallest absolute Gasteiger partial charge is 0.258 e. The second-order valence-corrected chi connectivity index (χ2v) is 7.69. The molecule has 4 aromatic carbocycles. The molecule has 1 atom stereocenters. The molecule has 31 heavy (non-hydrogen) atoms. The summed E-state index contributed by atoms with van der Waals surface area (Å²) in [7, 11) is 0. The summed E-state index contributed by atoms with van der Waals surface area (Å²) in [5, 5.41) is 15.7. The largest absolute Gasteiger partial charge is 0.508 e. The molecule has 0 heterocycles. The zero-order valence-electron chi connectivity index (χ0n) is 17.6. The normalized spacial score (nSPS) is 11.8. The van der Waals surface area contributed by atoms with Gasteiger partial charge in [-0.05, 0) is 47.9 Å². The molecule has 0 bridgehead atoms. The summed E-state index contributed by atoms with van der Waals surface area (Å²) in [6, 6.07) is 26.4. The number of benzene rings is 4. The number of hydrogen-bond donors (Lipinski definition) is 2. The highest BCUT2D eigenvalue weighted by molar-refractivity contribution is 5.89.